The molecule has 0 aromatic rings. The Morgan fingerprint density at radius 2 is 1.78 bits per heavy atom. The molecule has 1 saturated carbocycles. The second-order valence-corrected chi connectivity index (χ2v) is 4.52. The summed E-state index contributed by atoms with van der Waals surface area (Å²) in [6, 6.07) is 2.03. The Bertz CT molecular complexity index is 435. The lowest BCUT2D eigenvalue weighted by Crippen LogP contribution is -2.43. The third kappa shape index (κ3) is 2.28. The molecule has 18 heavy (non-hydrogen) atoms. The Hall–Kier alpha value is -2.09. The second kappa shape index (κ2) is 5.05. The zero-order chi connectivity index (χ0) is 13.1. The summed E-state index contributed by atoms with van der Waals surface area (Å²) in [5, 5.41) is 2.35. The van der Waals surface area contributed by atoms with Crippen LogP contribution < -0.4 is 5.32 Å². The first kappa shape index (κ1) is 12.4. The summed E-state index contributed by atoms with van der Waals surface area (Å²) in [6.07, 6.45) is 10.2. The maximum Gasteiger partial charge on any atom is 0.253 e. The van der Waals surface area contributed by atoms with Crippen molar-refractivity contribution >= 4 is 17.7 Å². The predicted octanol–water partition coefficient (Wildman–Crippen LogP) is 0.177. The quantitative estimate of drug-likeness (QED) is 0.429. The highest BCUT2D eigenvalue weighted by Crippen LogP contribution is 2.29. The van der Waals surface area contributed by atoms with Crippen LogP contribution in [0, 0.1) is 18.4 Å². The van der Waals surface area contributed by atoms with E-state index in [0.717, 1.165) is 0 Å². The Balaban J connectivity index is 1.91. The van der Waals surface area contributed by atoms with Crippen LogP contribution in [0.3, 0.4) is 0 Å². The molecular formula is C13H14N2O3. The Morgan fingerprint density at radius 1 is 1.22 bits per heavy atom. The molecule has 2 rings (SSSR count). The zero-order valence-electron chi connectivity index (χ0n) is 9.89. The molecule has 5 nitrogen and oxygen atoms in total. The van der Waals surface area contributed by atoms with Gasteiger partial charge in [0.25, 0.3) is 11.8 Å². The summed E-state index contributed by atoms with van der Waals surface area (Å²) in [5.74, 6) is -0.765. The Morgan fingerprint density at radius 3 is 2.28 bits per heavy atom. The Kier molecular flexibility index (Phi) is 3.47. The van der Waals surface area contributed by atoms with E-state index in [1.165, 1.54) is 17.1 Å². The van der Waals surface area contributed by atoms with E-state index in [1.807, 2.05) is 0 Å². The molecule has 1 aliphatic carbocycles. The number of carbonyl (C=O) groups is 3. The molecule has 0 bridgehead atoms. The molecule has 1 fully saturated rings. The molecule has 0 atom stereocenters. The van der Waals surface area contributed by atoms with Gasteiger partial charge in [-0.05, 0) is 25.7 Å². The highest BCUT2D eigenvalue weighted by atomic mass is 16.2. The van der Waals surface area contributed by atoms with Crippen molar-refractivity contribution < 1.29 is 14.4 Å². The van der Waals surface area contributed by atoms with Crippen molar-refractivity contribution in [2.75, 3.05) is 0 Å². The van der Waals surface area contributed by atoms with Gasteiger partial charge in [-0.3, -0.25) is 24.6 Å². The van der Waals surface area contributed by atoms with Crippen LogP contribution in [0.2, 0.25) is 0 Å². The van der Waals surface area contributed by atoms with Gasteiger partial charge in [0, 0.05) is 30.2 Å². The molecule has 0 aromatic heterocycles. The average molecular weight is 246 g/mol. The van der Waals surface area contributed by atoms with Crippen LogP contribution in [0.15, 0.2) is 12.2 Å². The molecule has 1 heterocycles. The highest BCUT2D eigenvalue weighted by Gasteiger charge is 2.35. The fourth-order valence-electron chi connectivity index (χ4n) is 2.54. The lowest BCUT2D eigenvalue weighted by molar-refractivity contribution is -0.140. The van der Waals surface area contributed by atoms with E-state index in [4.69, 9.17) is 6.42 Å². The predicted molar refractivity (Wildman–Crippen MR) is 63.7 cm³/mol. The van der Waals surface area contributed by atoms with Crippen LogP contribution in [-0.2, 0) is 14.4 Å². The summed E-state index contributed by atoms with van der Waals surface area (Å²) >= 11 is 0. The minimum absolute atomic E-state index is 0.0881. The van der Waals surface area contributed by atoms with E-state index < -0.39 is 0 Å². The zero-order valence-corrected chi connectivity index (χ0v) is 9.89. The lowest BCUT2D eigenvalue weighted by Gasteiger charge is -2.32. The van der Waals surface area contributed by atoms with Crippen molar-refractivity contribution in [3.05, 3.63) is 12.2 Å². The largest absolute Gasteiger partial charge is 0.285 e. The number of rotatable bonds is 2. The summed E-state index contributed by atoms with van der Waals surface area (Å²) in [7, 11) is 0. The van der Waals surface area contributed by atoms with Gasteiger partial charge in [0.15, 0.2) is 0 Å². The first-order valence-electron chi connectivity index (χ1n) is 5.94. The summed E-state index contributed by atoms with van der Waals surface area (Å²) in [6.45, 7) is 0. The number of carbonyl (C=O) groups excluding carboxylic acids is 3. The SMILES string of the molecule is C#CNC(=O)C1CCC(N2C(=O)C=CC2=O)CC1. The maximum absolute atomic E-state index is 11.5. The van der Waals surface area contributed by atoms with E-state index in [1.54, 1.807) is 0 Å². The van der Waals surface area contributed by atoms with Crippen molar-refractivity contribution in [1.29, 1.82) is 0 Å². The van der Waals surface area contributed by atoms with Gasteiger partial charge in [0.2, 0.25) is 5.91 Å². The van der Waals surface area contributed by atoms with Gasteiger partial charge >= 0.3 is 0 Å². The topological polar surface area (TPSA) is 66.5 Å². The molecule has 2 aliphatic rings. The average Bonchev–Trinajstić information content (AvgIpc) is 2.70. The summed E-state index contributed by atoms with van der Waals surface area (Å²) < 4.78 is 0. The number of imide groups is 1. The number of hydrogen-bond acceptors (Lipinski definition) is 3. The van der Waals surface area contributed by atoms with Crippen LogP contribution in [0.4, 0.5) is 0 Å². The molecule has 0 spiro atoms. The third-order valence-corrected chi connectivity index (χ3v) is 3.47. The summed E-state index contributed by atoms with van der Waals surface area (Å²) in [4.78, 5) is 35.9. The van der Waals surface area contributed by atoms with Crippen molar-refractivity contribution in [3.63, 3.8) is 0 Å². The molecule has 0 radical (unpaired) electrons. The number of hydrogen-bond donors (Lipinski definition) is 1. The standard InChI is InChI=1S/C13H14N2O3/c1-2-14-13(18)9-3-5-10(6-4-9)15-11(16)7-8-12(15)17/h1,7-10H,3-6H2,(H,14,18). The van der Waals surface area contributed by atoms with Crippen LogP contribution in [-0.4, -0.2) is 28.7 Å². The van der Waals surface area contributed by atoms with Gasteiger partial charge in [-0.25, -0.2) is 0 Å². The molecule has 0 unspecified atom stereocenters. The molecule has 0 saturated heterocycles. The van der Waals surface area contributed by atoms with Gasteiger partial charge in [-0.15, -0.1) is 0 Å². The highest BCUT2D eigenvalue weighted by molar-refractivity contribution is 6.13. The minimum atomic E-state index is -0.253. The van der Waals surface area contributed by atoms with Crippen LogP contribution in [0.25, 0.3) is 0 Å². The van der Waals surface area contributed by atoms with Crippen molar-refractivity contribution in [1.82, 2.24) is 10.2 Å². The molecule has 1 aliphatic heterocycles. The number of nitrogens with one attached hydrogen (secondary N) is 1. The third-order valence-electron chi connectivity index (χ3n) is 3.47. The van der Waals surface area contributed by atoms with Crippen LogP contribution in [0.5, 0.6) is 0 Å². The van der Waals surface area contributed by atoms with Gasteiger partial charge in [0.1, 0.15) is 0 Å². The molecular weight excluding hydrogens is 232 g/mol. The summed E-state index contributed by atoms with van der Waals surface area (Å²) in [5.41, 5.74) is 0. The molecule has 1 N–H and O–H groups in total. The normalized spacial score (nSPS) is 27.2. The minimum Gasteiger partial charge on any atom is -0.285 e. The monoisotopic (exact) mass is 246 g/mol. The molecule has 5 heteroatoms. The van der Waals surface area contributed by atoms with E-state index in [-0.39, 0.29) is 29.7 Å². The fraction of sp³-hybridized carbons (Fsp3) is 0.462. The van der Waals surface area contributed by atoms with Gasteiger partial charge in [-0.1, -0.05) is 6.42 Å². The van der Waals surface area contributed by atoms with Crippen molar-refractivity contribution in [3.8, 4) is 12.5 Å². The van der Waals surface area contributed by atoms with Crippen LogP contribution >= 0.6 is 0 Å². The first-order valence-corrected chi connectivity index (χ1v) is 5.94. The smallest absolute Gasteiger partial charge is 0.253 e. The van der Waals surface area contributed by atoms with E-state index in [9.17, 15) is 14.4 Å². The maximum atomic E-state index is 11.5. The van der Waals surface area contributed by atoms with Gasteiger partial charge in [0.05, 0.1) is 0 Å². The van der Waals surface area contributed by atoms with Gasteiger partial charge < -0.3 is 0 Å². The molecule has 3 amide bonds. The van der Waals surface area contributed by atoms with Gasteiger partial charge in [-0.2, -0.15) is 0 Å². The Labute approximate surface area is 105 Å². The number of amides is 3. The van der Waals surface area contributed by atoms with E-state index in [0.29, 0.717) is 25.7 Å². The first-order chi connectivity index (χ1) is 8.63. The van der Waals surface area contributed by atoms with E-state index in [2.05, 4.69) is 11.4 Å². The molecule has 0 aromatic carbocycles. The van der Waals surface area contributed by atoms with Crippen molar-refractivity contribution in [2.45, 2.75) is 31.7 Å². The van der Waals surface area contributed by atoms with Crippen LogP contribution in [0.1, 0.15) is 25.7 Å². The number of terminal acetylenes is 1. The lowest BCUT2D eigenvalue weighted by atomic mass is 9.85. The number of nitrogens with zero attached hydrogens (tertiary/aromatic N) is 1. The fourth-order valence-corrected chi connectivity index (χ4v) is 2.54. The second-order valence-electron chi connectivity index (χ2n) is 4.52. The molecule has 94 valence electrons. The van der Waals surface area contributed by atoms with E-state index >= 15 is 0 Å². The van der Waals surface area contributed by atoms with Crippen molar-refractivity contribution in [2.24, 2.45) is 5.92 Å².